The number of benzene rings is 1. The van der Waals surface area contributed by atoms with Crippen LogP contribution >= 0.6 is 38.9 Å². The summed E-state index contributed by atoms with van der Waals surface area (Å²) in [5.41, 5.74) is 0.599. The van der Waals surface area contributed by atoms with E-state index in [0.717, 1.165) is 6.07 Å². The molecule has 0 bridgehead atoms. The highest BCUT2D eigenvalue weighted by Crippen LogP contribution is 2.41. The molecule has 0 fully saturated rings. The van der Waals surface area contributed by atoms with Gasteiger partial charge in [-0.2, -0.15) is 0 Å². The minimum atomic E-state index is -0.896. The number of amides is 1. The van der Waals surface area contributed by atoms with Crippen molar-refractivity contribution in [2.24, 2.45) is 4.99 Å². The summed E-state index contributed by atoms with van der Waals surface area (Å²) >= 11 is 11.2. The van der Waals surface area contributed by atoms with E-state index in [1.165, 1.54) is 47.6 Å². The molecule has 0 radical (unpaired) electrons. The number of ether oxygens (including phenoxy) is 2. The molecular formula is C23H22BrClFN3O4S. The lowest BCUT2D eigenvalue weighted by Gasteiger charge is -2.38. The summed E-state index contributed by atoms with van der Waals surface area (Å²) in [7, 11) is 1.26. The summed E-state index contributed by atoms with van der Waals surface area (Å²) in [6.45, 7) is 5.23. The van der Waals surface area contributed by atoms with E-state index in [2.05, 4.69) is 25.9 Å². The number of esters is 1. The van der Waals surface area contributed by atoms with Gasteiger partial charge in [-0.15, -0.1) is 11.3 Å². The third kappa shape index (κ3) is 5.92. The number of amidine groups is 1. The van der Waals surface area contributed by atoms with Gasteiger partial charge in [-0.05, 0) is 44.5 Å². The molecule has 11 heteroatoms. The van der Waals surface area contributed by atoms with Crippen molar-refractivity contribution >= 4 is 56.8 Å². The van der Waals surface area contributed by atoms with Crippen LogP contribution in [0.5, 0.6) is 0 Å². The van der Waals surface area contributed by atoms with Gasteiger partial charge < -0.3 is 9.47 Å². The number of aromatic nitrogens is 1. The summed E-state index contributed by atoms with van der Waals surface area (Å²) in [6.07, 6.45) is 3.62. The fraction of sp³-hybridized carbons (Fsp3) is 0.304. The molecular weight excluding hydrogens is 549 g/mol. The zero-order valence-electron chi connectivity index (χ0n) is 18.8. The highest BCUT2D eigenvalue weighted by Gasteiger charge is 2.41. The Kier molecular flexibility index (Phi) is 8.27. The number of allylic oxidation sites excluding steroid dienone is 1. The number of halogens is 3. The smallest absolute Gasteiger partial charge is 0.416 e. The third-order valence-electron chi connectivity index (χ3n) is 4.55. The number of hydrogen-bond donors (Lipinski definition) is 0. The van der Waals surface area contributed by atoms with Gasteiger partial charge in [-0.1, -0.05) is 33.6 Å². The molecule has 34 heavy (non-hydrogen) atoms. The van der Waals surface area contributed by atoms with Crippen molar-refractivity contribution in [2.75, 3.05) is 12.4 Å². The quantitative estimate of drug-likeness (QED) is 0.248. The summed E-state index contributed by atoms with van der Waals surface area (Å²) in [4.78, 5) is 35.8. The van der Waals surface area contributed by atoms with Crippen molar-refractivity contribution in [3.05, 3.63) is 74.6 Å². The van der Waals surface area contributed by atoms with Gasteiger partial charge in [0.2, 0.25) is 0 Å². The third-order valence-corrected chi connectivity index (χ3v) is 6.18. The lowest BCUT2D eigenvalue weighted by Crippen LogP contribution is -2.46. The molecule has 2 heterocycles. The Morgan fingerprint density at radius 1 is 1.35 bits per heavy atom. The first kappa shape index (κ1) is 26.1. The van der Waals surface area contributed by atoms with E-state index in [-0.39, 0.29) is 10.9 Å². The van der Waals surface area contributed by atoms with Crippen LogP contribution in [-0.4, -0.2) is 45.8 Å². The Balaban J connectivity index is 2.32. The average Bonchev–Trinajstić information content (AvgIpc) is 3.30. The Bertz CT molecular complexity index is 1180. The number of rotatable bonds is 5. The van der Waals surface area contributed by atoms with Crippen molar-refractivity contribution < 1.29 is 23.5 Å². The Morgan fingerprint density at radius 2 is 2.09 bits per heavy atom. The highest BCUT2D eigenvalue weighted by atomic mass is 79.9. The first-order valence-electron chi connectivity index (χ1n) is 10.1. The van der Waals surface area contributed by atoms with Crippen LogP contribution in [-0.2, 0) is 14.3 Å². The predicted octanol–water partition coefficient (Wildman–Crippen LogP) is 6.05. The molecule has 0 saturated heterocycles. The maximum Gasteiger partial charge on any atom is 0.416 e. The van der Waals surface area contributed by atoms with Crippen LogP contribution in [0.15, 0.2) is 58.2 Å². The number of aliphatic imine (C=N–C) groups is 1. The summed E-state index contributed by atoms with van der Waals surface area (Å²) in [5.74, 6) is -0.873. The Hall–Kier alpha value is -2.56. The molecule has 1 aromatic carbocycles. The lowest BCUT2D eigenvalue weighted by atomic mass is 9.93. The number of alkyl halides is 1. The molecule has 3 rings (SSSR count). The van der Waals surface area contributed by atoms with Gasteiger partial charge in [-0.3, -0.25) is 0 Å². The monoisotopic (exact) mass is 569 g/mol. The van der Waals surface area contributed by atoms with Gasteiger partial charge in [0.1, 0.15) is 11.4 Å². The molecule has 7 nitrogen and oxygen atoms in total. The van der Waals surface area contributed by atoms with Crippen molar-refractivity contribution in [3.8, 4) is 0 Å². The molecule has 0 aliphatic carbocycles. The van der Waals surface area contributed by atoms with E-state index in [9.17, 15) is 14.0 Å². The summed E-state index contributed by atoms with van der Waals surface area (Å²) in [6, 6.07) is 3.00. The van der Waals surface area contributed by atoms with Crippen molar-refractivity contribution in [3.63, 3.8) is 0 Å². The normalized spacial score (nSPS) is 16.6. The maximum absolute atomic E-state index is 13.9. The molecule has 1 atom stereocenters. The van der Waals surface area contributed by atoms with Crippen molar-refractivity contribution in [2.45, 2.75) is 32.4 Å². The van der Waals surface area contributed by atoms with Crippen molar-refractivity contribution in [1.29, 1.82) is 0 Å². The van der Waals surface area contributed by atoms with E-state index in [1.54, 1.807) is 32.3 Å². The lowest BCUT2D eigenvalue weighted by molar-refractivity contribution is -0.134. The minimum absolute atomic E-state index is 0.0943. The minimum Gasteiger partial charge on any atom is -0.466 e. The van der Waals surface area contributed by atoms with E-state index in [0.29, 0.717) is 27.2 Å². The molecule has 0 N–H and O–H groups in total. The molecule has 2 aromatic rings. The van der Waals surface area contributed by atoms with Crippen LogP contribution in [0.1, 0.15) is 37.4 Å². The first-order valence-corrected chi connectivity index (χ1v) is 12.4. The molecule has 180 valence electrons. The number of carbonyl (C=O) groups is 2. The van der Waals surface area contributed by atoms with Gasteiger partial charge in [0.25, 0.3) is 0 Å². The Labute approximate surface area is 214 Å². The second-order valence-corrected chi connectivity index (χ2v) is 9.95. The van der Waals surface area contributed by atoms with Crippen LogP contribution in [0.25, 0.3) is 0 Å². The number of carbonyl (C=O) groups excluding carboxylic acids is 2. The summed E-state index contributed by atoms with van der Waals surface area (Å²) < 4.78 is 24.3. The van der Waals surface area contributed by atoms with Gasteiger partial charge in [0.15, 0.2) is 10.8 Å². The summed E-state index contributed by atoms with van der Waals surface area (Å²) in [5, 5.41) is 2.62. The molecule has 1 amide bonds. The van der Waals surface area contributed by atoms with E-state index < -0.39 is 29.5 Å². The standard InChI is InChI=1S/C23H22BrClFN3O4S/c1-23(2,3)33-22(31)29-19(14-6-5-13(26)11-16(14)25)15(7-8-18(30)32-4)17(12-24)28-20(29)21-27-9-10-34-21/h5-11,19H,12H2,1-4H3/b8-7+. The van der Waals surface area contributed by atoms with Crippen LogP contribution in [0.2, 0.25) is 5.02 Å². The van der Waals surface area contributed by atoms with Crippen LogP contribution in [0.4, 0.5) is 9.18 Å². The van der Waals surface area contributed by atoms with Crippen LogP contribution < -0.4 is 0 Å². The van der Waals surface area contributed by atoms with E-state index in [1.807, 2.05) is 0 Å². The number of nitrogens with zero attached hydrogens (tertiary/aromatic N) is 3. The second-order valence-electron chi connectivity index (χ2n) is 8.08. The van der Waals surface area contributed by atoms with Gasteiger partial charge in [0, 0.05) is 33.6 Å². The van der Waals surface area contributed by atoms with Gasteiger partial charge in [-0.25, -0.2) is 28.9 Å². The molecule has 1 aliphatic heterocycles. The highest BCUT2D eigenvalue weighted by molar-refractivity contribution is 9.09. The molecule has 1 aromatic heterocycles. The van der Waals surface area contributed by atoms with E-state index in [4.69, 9.17) is 21.1 Å². The SMILES string of the molecule is COC(=O)/C=C/C1=C(CBr)N=C(c2nccs2)N(C(=O)OC(C)(C)C)C1c1ccc(F)cc1Cl. The second kappa shape index (κ2) is 10.8. The van der Waals surface area contributed by atoms with Gasteiger partial charge >= 0.3 is 12.1 Å². The number of hydrogen-bond acceptors (Lipinski definition) is 7. The zero-order chi connectivity index (χ0) is 25.0. The van der Waals surface area contributed by atoms with Crippen LogP contribution in [0, 0.1) is 5.82 Å². The molecule has 1 aliphatic rings. The molecule has 0 spiro atoms. The largest absolute Gasteiger partial charge is 0.466 e. The van der Waals surface area contributed by atoms with Gasteiger partial charge in [0.05, 0.1) is 18.8 Å². The number of thiazole rings is 1. The average molecular weight is 571 g/mol. The zero-order valence-corrected chi connectivity index (χ0v) is 22.0. The molecule has 1 unspecified atom stereocenters. The predicted molar refractivity (Wildman–Crippen MR) is 133 cm³/mol. The number of methoxy groups -OCH3 is 1. The fourth-order valence-electron chi connectivity index (χ4n) is 3.20. The molecule has 0 saturated carbocycles. The maximum atomic E-state index is 13.9. The van der Waals surface area contributed by atoms with Crippen molar-refractivity contribution in [1.82, 2.24) is 9.88 Å². The van der Waals surface area contributed by atoms with E-state index >= 15 is 0 Å². The fourth-order valence-corrected chi connectivity index (χ4v) is 4.54. The topological polar surface area (TPSA) is 81.1 Å². The van der Waals surface area contributed by atoms with Crippen LogP contribution in [0.3, 0.4) is 0 Å². The Morgan fingerprint density at radius 3 is 2.65 bits per heavy atom. The first-order chi connectivity index (χ1) is 16.1.